The summed E-state index contributed by atoms with van der Waals surface area (Å²) < 4.78 is 1.85. The van der Waals surface area contributed by atoms with E-state index in [1.54, 1.807) is 12.3 Å². The molecule has 1 N–H and O–H groups in total. The number of benzene rings is 1. The van der Waals surface area contributed by atoms with Gasteiger partial charge in [0.1, 0.15) is 5.69 Å². The quantitative estimate of drug-likeness (QED) is 0.720. The first-order valence-corrected chi connectivity index (χ1v) is 8.61. The van der Waals surface area contributed by atoms with E-state index < -0.39 is 0 Å². The predicted molar refractivity (Wildman–Crippen MR) is 99.7 cm³/mol. The lowest BCUT2D eigenvalue weighted by atomic mass is 10.2. The van der Waals surface area contributed by atoms with Crippen LogP contribution in [0.1, 0.15) is 24.3 Å². The maximum Gasteiger partial charge on any atom is 0.274 e. The molecule has 1 aromatic carbocycles. The van der Waals surface area contributed by atoms with Crippen LogP contribution >= 0.6 is 0 Å². The summed E-state index contributed by atoms with van der Waals surface area (Å²) in [6, 6.07) is 11.4. The van der Waals surface area contributed by atoms with E-state index in [9.17, 15) is 4.79 Å². The van der Waals surface area contributed by atoms with Gasteiger partial charge < -0.3 is 10.2 Å². The van der Waals surface area contributed by atoms with Gasteiger partial charge in [0.15, 0.2) is 0 Å². The smallest absolute Gasteiger partial charge is 0.274 e. The molecule has 0 fully saturated rings. The van der Waals surface area contributed by atoms with Crippen molar-refractivity contribution in [2.24, 2.45) is 0 Å². The lowest BCUT2D eigenvalue weighted by Crippen LogP contribution is -2.27. The van der Waals surface area contributed by atoms with Crippen LogP contribution in [0, 0.1) is 0 Å². The fraction of sp³-hybridized carbons (Fsp3) is 0.316. The Labute approximate surface area is 147 Å². The fourth-order valence-electron chi connectivity index (χ4n) is 2.72. The van der Waals surface area contributed by atoms with Crippen LogP contribution in [-0.2, 0) is 6.54 Å². The number of para-hydroxylation sites is 1. The molecule has 0 radical (unpaired) electrons. The molecule has 0 unspecified atom stereocenters. The molecular formula is C19H23N5O. The summed E-state index contributed by atoms with van der Waals surface area (Å²) in [5.41, 5.74) is 1.89. The van der Waals surface area contributed by atoms with Gasteiger partial charge in [-0.1, -0.05) is 38.1 Å². The third-order valence-corrected chi connectivity index (χ3v) is 4.26. The predicted octanol–water partition coefficient (Wildman–Crippen LogP) is 3.03. The van der Waals surface area contributed by atoms with E-state index in [-0.39, 0.29) is 5.91 Å². The van der Waals surface area contributed by atoms with Crippen LogP contribution in [0.25, 0.3) is 10.9 Å². The molecule has 130 valence electrons. The Morgan fingerprint density at radius 1 is 1.16 bits per heavy atom. The number of nitrogens with one attached hydrogen (secondary N) is 1. The van der Waals surface area contributed by atoms with Gasteiger partial charge in [-0.3, -0.25) is 9.48 Å². The van der Waals surface area contributed by atoms with Gasteiger partial charge in [-0.15, -0.1) is 0 Å². The van der Waals surface area contributed by atoms with Gasteiger partial charge in [0.2, 0.25) is 0 Å². The molecule has 0 atom stereocenters. The van der Waals surface area contributed by atoms with Crippen molar-refractivity contribution >= 4 is 22.5 Å². The number of fused-ring (bicyclic) bond motifs is 1. The van der Waals surface area contributed by atoms with Crippen LogP contribution < -0.4 is 5.32 Å². The first-order chi connectivity index (χ1) is 12.2. The zero-order valence-corrected chi connectivity index (χ0v) is 14.6. The second-order valence-corrected chi connectivity index (χ2v) is 5.86. The molecule has 0 aliphatic carbocycles. The Morgan fingerprint density at radius 3 is 2.76 bits per heavy atom. The van der Waals surface area contributed by atoms with Crippen molar-refractivity contribution in [1.29, 1.82) is 0 Å². The fourth-order valence-corrected chi connectivity index (χ4v) is 2.72. The highest BCUT2D eigenvalue weighted by Gasteiger charge is 2.10. The minimum atomic E-state index is -0.228. The highest BCUT2D eigenvalue weighted by atomic mass is 16.1. The van der Waals surface area contributed by atoms with Crippen LogP contribution in [0.15, 0.2) is 48.8 Å². The van der Waals surface area contributed by atoms with Gasteiger partial charge in [-0.2, -0.15) is 5.10 Å². The Balaban J connectivity index is 1.64. The average Bonchev–Trinajstić information content (AvgIpc) is 3.09. The summed E-state index contributed by atoms with van der Waals surface area (Å²) in [4.78, 5) is 19.2. The molecule has 0 spiro atoms. The zero-order valence-electron chi connectivity index (χ0n) is 14.6. The van der Waals surface area contributed by atoms with E-state index in [1.165, 1.54) is 0 Å². The molecule has 3 aromatic rings. The maximum absolute atomic E-state index is 12.4. The van der Waals surface area contributed by atoms with E-state index in [2.05, 4.69) is 34.1 Å². The Bertz CT molecular complexity index is 854. The normalized spacial score (nSPS) is 11.2. The van der Waals surface area contributed by atoms with Crippen LogP contribution in [-0.4, -0.2) is 45.2 Å². The minimum Gasteiger partial charge on any atom is -0.318 e. The van der Waals surface area contributed by atoms with Gasteiger partial charge >= 0.3 is 0 Å². The summed E-state index contributed by atoms with van der Waals surface area (Å²) in [6.45, 7) is 8.08. The number of carbonyl (C=O) groups is 1. The second kappa shape index (κ2) is 7.90. The molecule has 2 heterocycles. The molecule has 25 heavy (non-hydrogen) atoms. The van der Waals surface area contributed by atoms with E-state index in [4.69, 9.17) is 0 Å². The van der Waals surface area contributed by atoms with Crippen LogP contribution in [0.4, 0.5) is 5.69 Å². The molecule has 6 heteroatoms. The highest BCUT2D eigenvalue weighted by molar-refractivity contribution is 6.03. The van der Waals surface area contributed by atoms with E-state index in [0.29, 0.717) is 11.4 Å². The van der Waals surface area contributed by atoms with Gasteiger partial charge in [-0.25, -0.2) is 4.98 Å². The number of likely N-dealkylation sites (N-methyl/N-ethyl adjacent to an activating group) is 1. The van der Waals surface area contributed by atoms with E-state index in [1.807, 2.05) is 41.2 Å². The monoisotopic (exact) mass is 337 g/mol. The van der Waals surface area contributed by atoms with E-state index >= 15 is 0 Å². The number of hydrogen-bond donors (Lipinski definition) is 1. The molecule has 0 saturated heterocycles. The average molecular weight is 337 g/mol. The number of pyridine rings is 1. The number of aromatic nitrogens is 3. The van der Waals surface area contributed by atoms with Gasteiger partial charge in [0, 0.05) is 18.1 Å². The summed E-state index contributed by atoms with van der Waals surface area (Å²) in [7, 11) is 0. The number of amides is 1. The standard InChI is InChI=1S/C19H23N5O/c1-3-23(4-2)11-12-24-14-16(13-20-24)21-19(25)18-10-9-15-7-5-6-8-17(15)22-18/h5-10,13-14H,3-4,11-12H2,1-2H3,(H,21,25). The first-order valence-electron chi connectivity index (χ1n) is 8.61. The molecular weight excluding hydrogens is 314 g/mol. The van der Waals surface area contributed by atoms with Crippen LogP contribution in [0.3, 0.4) is 0 Å². The zero-order chi connectivity index (χ0) is 17.6. The first kappa shape index (κ1) is 17.1. The highest BCUT2D eigenvalue weighted by Crippen LogP contribution is 2.13. The van der Waals surface area contributed by atoms with Crippen molar-refractivity contribution in [3.8, 4) is 0 Å². The third-order valence-electron chi connectivity index (χ3n) is 4.26. The van der Waals surface area contributed by atoms with Crippen molar-refractivity contribution in [2.75, 3.05) is 25.0 Å². The lowest BCUT2D eigenvalue weighted by molar-refractivity contribution is 0.102. The third kappa shape index (κ3) is 4.22. The number of anilines is 1. The van der Waals surface area contributed by atoms with Gasteiger partial charge in [0.25, 0.3) is 5.91 Å². The molecule has 6 nitrogen and oxygen atoms in total. The molecule has 0 bridgehead atoms. The molecule has 3 rings (SSSR count). The number of rotatable bonds is 7. The van der Waals surface area contributed by atoms with Gasteiger partial charge in [-0.05, 0) is 25.2 Å². The van der Waals surface area contributed by atoms with E-state index in [0.717, 1.165) is 37.1 Å². The van der Waals surface area contributed by atoms with Crippen molar-refractivity contribution in [1.82, 2.24) is 19.7 Å². The Kier molecular flexibility index (Phi) is 5.40. The van der Waals surface area contributed by atoms with Crippen molar-refractivity contribution in [3.05, 3.63) is 54.5 Å². The number of nitrogens with zero attached hydrogens (tertiary/aromatic N) is 4. The summed E-state index contributed by atoms with van der Waals surface area (Å²) in [5.74, 6) is -0.228. The van der Waals surface area contributed by atoms with Crippen LogP contribution in [0.2, 0.25) is 0 Å². The minimum absolute atomic E-state index is 0.228. The molecule has 1 amide bonds. The molecule has 0 saturated carbocycles. The largest absolute Gasteiger partial charge is 0.318 e. The van der Waals surface area contributed by atoms with Crippen molar-refractivity contribution < 1.29 is 4.79 Å². The number of carbonyl (C=O) groups excluding carboxylic acids is 1. The summed E-state index contributed by atoms with van der Waals surface area (Å²) in [5, 5.41) is 8.19. The van der Waals surface area contributed by atoms with Crippen molar-refractivity contribution in [3.63, 3.8) is 0 Å². The molecule has 0 aliphatic heterocycles. The molecule has 0 aliphatic rings. The number of hydrogen-bond acceptors (Lipinski definition) is 4. The Morgan fingerprint density at radius 2 is 1.96 bits per heavy atom. The maximum atomic E-state index is 12.4. The van der Waals surface area contributed by atoms with Crippen LogP contribution in [0.5, 0.6) is 0 Å². The second-order valence-electron chi connectivity index (χ2n) is 5.86. The molecule has 2 aromatic heterocycles. The van der Waals surface area contributed by atoms with Crippen molar-refractivity contribution in [2.45, 2.75) is 20.4 Å². The summed E-state index contributed by atoms with van der Waals surface area (Å²) in [6.07, 6.45) is 3.52. The Hall–Kier alpha value is -2.73. The van der Waals surface area contributed by atoms with Gasteiger partial charge in [0.05, 0.1) is 23.9 Å². The lowest BCUT2D eigenvalue weighted by Gasteiger charge is -2.17. The SMILES string of the molecule is CCN(CC)CCn1cc(NC(=O)c2ccc3ccccc3n2)cn1. The topological polar surface area (TPSA) is 63.0 Å². The summed E-state index contributed by atoms with van der Waals surface area (Å²) >= 11 is 0.